The first-order chi connectivity index (χ1) is 10.7. The van der Waals surface area contributed by atoms with Crippen molar-refractivity contribution in [2.24, 2.45) is 5.92 Å². The second-order valence-electron chi connectivity index (χ2n) is 6.78. The van der Waals surface area contributed by atoms with Crippen LogP contribution in [-0.4, -0.2) is 26.2 Å². The Bertz CT molecular complexity index is 459. The van der Waals surface area contributed by atoms with Crippen molar-refractivity contribution in [1.82, 2.24) is 5.32 Å². The summed E-state index contributed by atoms with van der Waals surface area (Å²) < 4.78 is 5.69. The fraction of sp³-hybridized carbons (Fsp3) is 0.684. The summed E-state index contributed by atoms with van der Waals surface area (Å²) in [6, 6.07) is 7.35. The van der Waals surface area contributed by atoms with Gasteiger partial charge in [0, 0.05) is 19.1 Å². The van der Waals surface area contributed by atoms with Gasteiger partial charge in [-0.05, 0) is 55.8 Å². The van der Waals surface area contributed by atoms with Gasteiger partial charge in [0.15, 0.2) is 0 Å². The van der Waals surface area contributed by atoms with E-state index in [1.54, 1.807) is 7.11 Å². The number of benzene rings is 1. The third-order valence-electron chi connectivity index (χ3n) is 4.53. The molecule has 1 aliphatic heterocycles. The van der Waals surface area contributed by atoms with Gasteiger partial charge in [0.2, 0.25) is 0 Å². The fourth-order valence-corrected chi connectivity index (χ4v) is 3.32. The van der Waals surface area contributed by atoms with E-state index in [2.05, 4.69) is 49.2 Å². The van der Waals surface area contributed by atoms with Crippen molar-refractivity contribution in [2.45, 2.75) is 59.0 Å². The van der Waals surface area contributed by atoms with Gasteiger partial charge in [-0.25, -0.2) is 0 Å². The normalized spacial score (nSPS) is 18.8. The summed E-state index contributed by atoms with van der Waals surface area (Å²) >= 11 is 0. The van der Waals surface area contributed by atoms with Crippen molar-refractivity contribution in [2.75, 3.05) is 25.1 Å². The van der Waals surface area contributed by atoms with Crippen molar-refractivity contribution in [1.29, 1.82) is 0 Å². The van der Waals surface area contributed by atoms with Gasteiger partial charge in [-0.1, -0.05) is 26.8 Å². The zero-order chi connectivity index (χ0) is 15.9. The van der Waals surface area contributed by atoms with E-state index >= 15 is 0 Å². The second-order valence-corrected chi connectivity index (χ2v) is 6.78. The molecular weight excluding hydrogens is 272 g/mol. The zero-order valence-electron chi connectivity index (χ0n) is 14.7. The summed E-state index contributed by atoms with van der Waals surface area (Å²) in [5.41, 5.74) is 2.56. The Kier molecular flexibility index (Phi) is 6.56. The van der Waals surface area contributed by atoms with Gasteiger partial charge in [-0.15, -0.1) is 0 Å². The molecule has 1 heterocycles. The molecule has 1 atom stereocenters. The number of methoxy groups -OCH3 is 1. The quantitative estimate of drug-likeness (QED) is 0.816. The van der Waals surface area contributed by atoms with Crippen LogP contribution in [0.4, 0.5) is 5.69 Å². The SMILES string of the molecule is CCC1CCCCN1c1ccc(CNCC(C)C)cc1OC. The summed E-state index contributed by atoms with van der Waals surface area (Å²) in [6.45, 7) is 9.87. The maximum Gasteiger partial charge on any atom is 0.142 e. The molecule has 0 aliphatic carbocycles. The van der Waals surface area contributed by atoms with E-state index in [1.807, 2.05) is 0 Å². The molecule has 0 saturated carbocycles. The Labute approximate surface area is 136 Å². The number of hydrogen-bond acceptors (Lipinski definition) is 3. The maximum absolute atomic E-state index is 5.69. The van der Waals surface area contributed by atoms with E-state index in [4.69, 9.17) is 4.74 Å². The minimum atomic E-state index is 0.660. The van der Waals surface area contributed by atoms with Crippen LogP contribution in [0.25, 0.3) is 0 Å². The van der Waals surface area contributed by atoms with E-state index in [0.717, 1.165) is 25.4 Å². The Morgan fingerprint density at radius 2 is 2.14 bits per heavy atom. The van der Waals surface area contributed by atoms with Crippen molar-refractivity contribution >= 4 is 5.69 Å². The van der Waals surface area contributed by atoms with Gasteiger partial charge in [-0.3, -0.25) is 0 Å². The Morgan fingerprint density at radius 3 is 2.82 bits per heavy atom. The molecular formula is C19H32N2O. The molecule has 1 aromatic rings. The summed E-state index contributed by atoms with van der Waals surface area (Å²) in [6.07, 6.45) is 5.16. The number of rotatable bonds is 7. The van der Waals surface area contributed by atoms with Crippen LogP contribution in [0.3, 0.4) is 0 Å². The highest BCUT2D eigenvalue weighted by atomic mass is 16.5. The van der Waals surface area contributed by atoms with E-state index < -0.39 is 0 Å². The standard InChI is InChI=1S/C19H32N2O/c1-5-17-8-6-7-11-21(17)18-10-9-16(12-19(18)22-4)14-20-13-15(2)3/h9-10,12,15,17,20H,5-8,11,13-14H2,1-4H3. The predicted molar refractivity (Wildman–Crippen MR) is 94.8 cm³/mol. The maximum atomic E-state index is 5.69. The molecule has 2 rings (SSSR count). The van der Waals surface area contributed by atoms with Crippen molar-refractivity contribution in [3.05, 3.63) is 23.8 Å². The number of ether oxygens (including phenoxy) is 1. The molecule has 3 heteroatoms. The van der Waals surface area contributed by atoms with Crippen molar-refractivity contribution < 1.29 is 4.74 Å². The molecule has 1 N–H and O–H groups in total. The number of anilines is 1. The highest BCUT2D eigenvalue weighted by molar-refractivity contribution is 5.60. The highest BCUT2D eigenvalue weighted by Crippen LogP contribution is 2.34. The van der Waals surface area contributed by atoms with Gasteiger partial charge in [-0.2, -0.15) is 0 Å². The van der Waals surface area contributed by atoms with Crippen LogP contribution in [0, 0.1) is 5.92 Å². The van der Waals surface area contributed by atoms with Gasteiger partial charge in [0.25, 0.3) is 0 Å². The molecule has 22 heavy (non-hydrogen) atoms. The van der Waals surface area contributed by atoms with Crippen molar-refractivity contribution in [3.63, 3.8) is 0 Å². The van der Waals surface area contributed by atoms with Crippen LogP contribution < -0.4 is 15.0 Å². The minimum absolute atomic E-state index is 0.660. The Balaban J connectivity index is 2.11. The van der Waals surface area contributed by atoms with Crippen LogP contribution >= 0.6 is 0 Å². The van der Waals surface area contributed by atoms with Crippen LogP contribution in [-0.2, 0) is 6.54 Å². The first-order valence-corrected chi connectivity index (χ1v) is 8.80. The van der Waals surface area contributed by atoms with E-state index in [9.17, 15) is 0 Å². The smallest absolute Gasteiger partial charge is 0.142 e. The monoisotopic (exact) mass is 304 g/mol. The lowest BCUT2D eigenvalue weighted by molar-refractivity contribution is 0.401. The first-order valence-electron chi connectivity index (χ1n) is 8.80. The molecule has 124 valence electrons. The molecule has 1 saturated heterocycles. The fourth-order valence-electron chi connectivity index (χ4n) is 3.32. The lowest BCUT2D eigenvalue weighted by atomic mass is 9.98. The van der Waals surface area contributed by atoms with Crippen molar-refractivity contribution in [3.8, 4) is 5.75 Å². The van der Waals surface area contributed by atoms with Gasteiger partial charge in [0.1, 0.15) is 5.75 Å². The molecule has 1 aliphatic rings. The topological polar surface area (TPSA) is 24.5 Å². The molecule has 0 radical (unpaired) electrons. The molecule has 0 aromatic heterocycles. The second kappa shape index (κ2) is 8.42. The highest BCUT2D eigenvalue weighted by Gasteiger charge is 2.23. The molecule has 0 amide bonds. The summed E-state index contributed by atoms with van der Waals surface area (Å²) in [5.74, 6) is 1.70. The zero-order valence-corrected chi connectivity index (χ0v) is 14.7. The third kappa shape index (κ3) is 4.39. The Morgan fingerprint density at radius 1 is 1.32 bits per heavy atom. The van der Waals surface area contributed by atoms with Crippen LogP contribution in [0.1, 0.15) is 52.0 Å². The van der Waals surface area contributed by atoms with Gasteiger partial charge in [0.05, 0.1) is 12.8 Å². The molecule has 1 aromatic carbocycles. The Hall–Kier alpha value is -1.22. The number of nitrogens with one attached hydrogen (secondary N) is 1. The van der Waals surface area contributed by atoms with Gasteiger partial charge < -0.3 is 15.0 Å². The molecule has 0 spiro atoms. The average molecular weight is 304 g/mol. The summed E-state index contributed by atoms with van der Waals surface area (Å²) in [5, 5.41) is 3.50. The lowest BCUT2D eigenvalue weighted by Gasteiger charge is -2.38. The summed E-state index contributed by atoms with van der Waals surface area (Å²) in [4.78, 5) is 2.55. The van der Waals surface area contributed by atoms with Crippen LogP contribution in [0.2, 0.25) is 0 Å². The van der Waals surface area contributed by atoms with Crippen LogP contribution in [0.5, 0.6) is 5.75 Å². The minimum Gasteiger partial charge on any atom is -0.495 e. The van der Waals surface area contributed by atoms with Gasteiger partial charge >= 0.3 is 0 Å². The molecule has 1 fully saturated rings. The number of hydrogen-bond donors (Lipinski definition) is 1. The molecule has 1 unspecified atom stereocenters. The molecule has 3 nitrogen and oxygen atoms in total. The number of piperidine rings is 1. The summed E-state index contributed by atoms with van der Waals surface area (Å²) in [7, 11) is 1.79. The average Bonchev–Trinajstić information content (AvgIpc) is 2.54. The van der Waals surface area contributed by atoms with E-state index in [0.29, 0.717) is 12.0 Å². The third-order valence-corrected chi connectivity index (χ3v) is 4.53. The number of nitrogens with zero attached hydrogens (tertiary/aromatic N) is 1. The van der Waals surface area contributed by atoms with Crippen LogP contribution in [0.15, 0.2) is 18.2 Å². The largest absolute Gasteiger partial charge is 0.495 e. The molecule has 0 bridgehead atoms. The van der Waals surface area contributed by atoms with E-state index in [-0.39, 0.29) is 0 Å². The first kappa shape index (κ1) is 17.1. The lowest BCUT2D eigenvalue weighted by Crippen LogP contribution is -2.39. The van der Waals surface area contributed by atoms with E-state index in [1.165, 1.54) is 36.9 Å². The predicted octanol–water partition coefficient (Wildman–Crippen LogP) is 4.21.